The van der Waals surface area contributed by atoms with Crippen molar-refractivity contribution in [2.45, 2.75) is 62.9 Å². The predicted octanol–water partition coefficient (Wildman–Crippen LogP) is 2.57. The molecule has 1 spiro atoms. The molecule has 108 valence electrons. The molecule has 0 radical (unpaired) electrons. The third kappa shape index (κ3) is 3.27. The van der Waals surface area contributed by atoms with Crippen molar-refractivity contribution < 1.29 is 0 Å². The Morgan fingerprint density at radius 3 is 2.68 bits per heavy atom. The zero-order valence-corrected chi connectivity index (χ0v) is 12.7. The Morgan fingerprint density at radius 2 is 1.89 bits per heavy atom. The van der Waals surface area contributed by atoms with Crippen molar-refractivity contribution in [2.24, 2.45) is 4.99 Å². The highest BCUT2D eigenvalue weighted by Crippen LogP contribution is 2.30. The minimum Gasteiger partial charge on any atom is -0.370 e. The smallest absolute Gasteiger partial charge is 0.117 e. The summed E-state index contributed by atoms with van der Waals surface area (Å²) in [5, 5.41) is 7.67. The number of nitrogens with zero attached hydrogens (tertiary/aromatic N) is 1. The zero-order chi connectivity index (χ0) is 13.0. The Kier molecular flexibility index (Phi) is 4.69. The van der Waals surface area contributed by atoms with Gasteiger partial charge in [0.05, 0.1) is 5.54 Å². The molecule has 2 heterocycles. The van der Waals surface area contributed by atoms with Crippen LogP contribution >= 0.6 is 11.8 Å². The van der Waals surface area contributed by atoms with Crippen LogP contribution in [0.25, 0.3) is 0 Å². The maximum absolute atomic E-state index is 4.93. The Hall–Kier alpha value is -0.220. The van der Waals surface area contributed by atoms with Crippen molar-refractivity contribution in [1.82, 2.24) is 10.6 Å². The third-order valence-electron chi connectivity index (χ3n) is 4.81. The molecule has 2 aliphatic heterocycles. The van der Waals surface area contributed by atoms with Gasteiger partial charge in [-0.25, -0.2) is 0 Å². The number of aliphatic imine (C=N–C) groups is 1. The van der Waals surface area contributed by atoms with Crippen LogP contribution in [0.5, 0.6) is 0 Å². The molecule has 0 aromatic carbocycles. The lowest BCUT2D eigenvalue weighted by Crippen LogP contribution is -2.60. The number of thioether (sulfide) groups is 1. The first-order valence-corrected chi connectivity index (χ1v) is 9.19. The number of hydrogen-bond acceptors (Lipinski definition) is 4. The fourth-order valence-corrected chi connectivity index (χ4v) is 4.78. The molecule has 0 unspecified atom stereocenters. The average molecular weight is 281 g/mol. The van der Waals surface area contributed by atoms with Gasteiger partial charge >= 0.3 is 0 Å². The molecule has 3 rings (SSSR count). The minimum atomic E-state index is 0.180. The maximum atomic E-state index is 4.93. The number of nitrogens with one attached hydrogen (secondary N) is 2. The number of rotatable bonds is 1. The molecule has 1 saturated carbocycles. The molecule has 19 heavy (non-hydrogen) atoms. The number of hydrogen-bond donors (Lipinski definition) is 2. The molecule has 4 heteroatoms. The second-order valence-corrected chi connectivity index (χ2v) is 7.41. The van der Waals surface area contributed by atoms with E-state index in [1.807, 2.05) is 0 Å². The van der Waals surface area contributed by atoms with Gasteiger partial charge in [0.25, 0.3) is 0 Å². The summed E-state index contributed by atoms with van der Waals surface area (Å²) in [6, 6.07) is 0.679. The van der Waals surface area contributed by atoms with E-state index in [1.165, 1.54) is 68.7 Å². The van der Waals surface area contributed by atoms with Crippen molar-refractivity contribution in [2.75, 3.05) is 24.6 Å². The van der Waals surface area contributed by atoms with Crippen LogP contribution in [0.2, 0.25) is 0 Å². The summed E-state index contributed by atoms with van der Waals surface area (Å²) in [7, 11) is 0. The van der Waals surface area contributed by atoms with E-state index in [1.54, 1.807) is 0 Å². The highest BCUT2D eigenvalue weighted by molar-refractivity contribution is 7.99. The lowest BCUT2D eigenvalue weighted by molar-refractivity contribution is 0.371. The van der Waals surface area contributed by atoms with Gasteiger partial charge in [-0.3, -0.25) is 4.99 Å². The van der Waals surface area contributed by atoms with E-state index in [0.29, 0.717) is 6.04 Å². The van der Waals surface area contributed by atoms with E-state index in [0.717, 1.165) is 13.1 Å². The van der Waals surface area contributed by atoms with Crippen LogP contribution in [0.4, 0.5) is 0 Å². The van der Waals surface area contributed by atoms with Crippen molar-refractivity contribution >= 4 is 17.6 Å². The summed E-state index contributed by atoms with van der Waals surface area (Å²) in [4.78, 5) is 4.93. The van der Waals surface area contributed by atoms with Crippen LogP contribution < -0.4 is 10.6 Å². The summed E-state index contributed by atoms with van der Waals surface area (Å²) in [6.45, 7) is 2.13. The van der Waals surface area contributed by atoms with Crippen molar-refractivity contribution in [3.05, 3.63) is 0 Å². The maximum Gasteiger partial charge on any atom is 0.117 e. The quantitative estimate of drug-likeness (QED) is 0.775. The van der Waals surface area contributed by atoms with E-state index < -0.39 is 0 Å². The zero-order valence-electron chi connectivity index (χ0n) is 11.9. The second-order valence-electron chi connectivity index (χ2n) is 6.18. The van der Waals surface area contributed by atoms with Crippen molar-refractivity contribution in [3.63, 3.8) is 0 Å². The highest BCUT2D eigenvalue weighted by Gasteiger charge is 2.38. The van der Waals surface area contributed by atoms with E-state index in [2.05, 4.69) is 22.4 Å². The van der Waals surface area contributed by atoms with Gasteiger partial charge < -0.3 is 10.6 Å². The SMILES string of the molecule is C1CCC(NC2=NCCCNC23CCSCC3)CC1. The van der Waals surface area contributed by atoms with E-state index in [9.17, 15) is 0 Å². The molecular formula is C15H27N3S. The first-order chi connectivity index (χ1) is 9.39. The Balaban J connectivity index is 1.72. The largest absolute Gasteiger partial charge is 0.370 e. The molecule has 0 atom stereocenters. The van der Waals surface area contributed by atoms with Crippen molar-refractivity contribution in [3.8, 4) is 0 Å². The molecule has 1 saturated heterocycles. The van der Waals surface area contributed by atoms with Gasteiger partial charge in [-0.1, -0.05) is 19.3 Å². The molecule has 3 nitrogen and oxygen atoms in total. The second kappa shape index (κ2) is 6.49. The molecule has 0 aromatic rings. The van der Waals surface area contributed by atoms with Crippen LogP contribution in [0.1, 0.15) is 51.4 Å². The standard InChI is InChI=1S/C15H27N3S/c1-2-5-13(6-3-1)18-14-15(7-11-19-12-8-15)17-10-4-9-16-14/h13,17H,1-12H2,(H,16,18). The summed E-state index contributed by atoms with van der Waals surface area (Å²) >= 11 is 2.09. The summed E-state index contributed by atoms with van der Waals surface area (Å²) < 4.78 is 0. The first kappa shape index (κ1) is 13.7. The van der Waals surface area contributed by atoms with Gasteiger partial charge in [0.1, 0.15) is 5.84 Å². The molecule has 0 bridgehead atoms. The highest BCUT2D eigenvalue weighted by atomic mass is 32.2. The van der Waals surface area contributed by atoms with Gasteiger partial charge in [0.15, 0.2) is 0 Å². The lowest BCUT2D eigenvalue weighted by Gasteiger charge is -2.40. The summed E-state index contributed by atoms with van der Waals surface area (Å²) in [6.07, 6.45) is 10.6. The monoisotopic (exact) mass is 281 g/mol. The molecule has 0 aromatic heterocycles. The summed E-state index contributed by atoms with van der Waals surface area (Å²) in [5.74, 6) is 3.86. The van der Waals surface area contributed by atoms with E-state index in [-0.39, 0.29) is 5.54 Å². The first-order valence-electron chi connectivity index (χ1n) is 8.03. The summed E-state index contributed by atoms with van der Waals surface area (Å²) in [5.41, 5.74) is 0.180. The fraction of sp³-hybridized carbons (Fsp3) is 0.933. The fourth-order valence-electron chi connectivity index (χ4n) is 3.59. The van der Waals surface area contributed by atoms with Crippen LogP contribution in [0.3, 0.4) is 0 Å². The van der Waals surface area contributed by atoms with Gasteiger partial charge in [-0.2, -0.15) is 11.8 Å². The average Bonchev–Trinajstić information content (AvgIpc) is 2.65. The van der Waals surface area contributed by atoms with Gasteiger partial charge in [0, 0.05) is 12.6 Å². The van der Waals surface area contributed by atoms with Crippen LogP contribution in [0, 0.1) is 0 Å². The van der Waals surface area contributed by atoms with Crippen LogP contribution in [0.15, 0.2) is 4.99 Å². The molecule has 3 aliphatic rings. The Morgan fingerprint density at radius 1 is 1.11 bits per heavy atom. The lowest BCUT2D eigenvalue weighted by atomic mass is 9.88. The minimum absolute atomic E-state index is 0.180. The molecule has 2 fully saturated rings. The van der Waals surface area contributed by atoms with Gasteiger partial charge in [-0.15, -0.1) is 0 Å². The number of amidine groups is 1. The Bertz CT molecular complexity index is 317. The molecule has 1 aliphatic carbocycles. The third-order valence-corrected chi connectivity index (χ3v) is 5.80. The topological polar surface area (TPSA) is 36.4 Å². The van der Waals surface area contributed by atoms with E-state index >= 15 is 0 Å². The van der Waals surface area contributed by atoms with Gasteiger partial charge in [0.2, 0.25) is 0 Å². The van der Waals surface area contributed by atoms with Gasteiger partial charge in [-0.05, 0) is 50.2 Å². The Labute approximate surface area is 121 Å². The normalized spacial score (nSPS) is 28.7. The van der Waals surface area contributed by atoms with E-state index in [4.69, 9.17) is 4.99 Å². The predicted molar refractivity (Wildman–Crippen MR) is 84.2 cm³/mol. The van der Waals surface area contributed by atoms with Crippen LogP contribution in [-0.2, 0) is 0 Å². The molecule has 0 amide bonds. The molecule has 2 N–H and O–H groups in total. The molecular weight excluding hydrogens is 254 g/mol. The van der Waals surface area contributed by atoms with Crippen molar-refractivity contribution in [1.29, 1.82) is 0 Å². The van der Waals surface area contributed by atoms with Crippen LogP contribution in [-0.4, -0.2) is 42.0 Å².